The number of nitrogens with zero attached hydrogens (tertiary/aromatic N) is 1. The summed E-state index contributed by atoms with van der Waals surface area (Å²) in [5, 5.41) is 0. The number of rotatable bonds is 3. The molecule has 0 radical (unpaired) electrons. The minimum atomic E-state index is 0.407. The molecule has 1 aromatic carbocycles. The minimum Gasteiger partial charge on any atom is -0.490 e. The zero-order valence-electron chi connectivity index (χ0n) is 12.0. The van der Waals surface area contributed by atoms with Gasteiger partial charge in [0, 0.05) is 19.0 Å². The van der Waals surface area contributed by atoms with Crippen molar-refractivity contribution in [2.75, 3.05) is 32.8 Å². The molecule has 0 amide bonds. The Balaban J connectivity index is 1.56. The van der Waals surface area contributed by atoms with Gasteiger partial charge in [-0.25, -0.2) is 0 Å². The highest BCUT2D eigenvalue weighted by molar-refractivity contribution is 5.43. The van der Waals surface area contributed by atoms with Crippen molar-refractivity contribution in [3.63, 3.8) is 0 Å². The molecule has 0 unspecified atom stereocenters. The molecule has 0 atom stereocenters. The summed E-state index contributed by atoms with van der Waals surface area (Å²) in [6.45, 7) is 4.87. The molecule has 2 aliphatic rings. The van der Waals surface area contributed by atoms with Crippen molar-refractivity contribution in [3.05, 3.63) is 23.8 Å². The van der Waals surface area contributed by atoms with Crippen LogP contribution in [0.2, 0.25) is 0 Å². The largest absolute Gasteiger partial charge is 0.490 e. The second-order valence-electron chi connectivity index (χ2n) is 5.76. The summed E-state index contributed by atoms with van der Waals surface area (Å²) in [6, 6.07) is 6.74. The highest BCUT2D eigenvalue weighted by atomic mass is 16.5. The van der Waals surface area contributed by atoms with Crippen molar-refractivity contribution >= 4 is 0 Å². The molecule has 2 heterocycles. The van der Waals surface area contributed by atoms with E-state index in [1.807, 2.05) is 6.07 Å². The topological polar surface area (TPSA) is 47.7 Å². The smallest absolute Gasteiger partial charge is 0.161 e. The van der Waals surface area contributed by atoms with Gasteiger partial charge < -0.3 is 20.1 Å². The van der Waals surface area contributed by atoms with Crippen molar-refractivity contribution in [1.29, 1.82) is 0 Å². The molecule has 0 aliphatic carbocycles. The Labute approximate surface area is 120 Å². The summed E-state index contributed by atoms with van der Waals surface area (Å²) in [5.41, 5.74) is 7.26. The molecule has 2 N–H and O–H groups in total. The molecule has 20 heavy (non-hydrogen) atoms. The van der Waals surface area contributed by atoms with Crippen LogP contribution in [0, 0.1) is 0 Å². The van der Waals surface area contributed by atoms with E-state index in [9.17, 15) is 0 Å². The van der Waals surface area contributed by atoms with Crippen LogP contribution in [0.15, 0.2) is 18.2 Å². The molecule has 0 bridgehead atoms. The first kappa shape index (κ1) is 13.7. The third-order valence-electron chi connectivity index (χ3n) is 4.16. The van der Waals surface area contributed by atoms with E-state index < -0.39 is 0 Å². The van der Waals surface area contributed by atoms with Crippen LogP contribution < -0.4 is 15.2 Å². The zero-order valence-corrected chi connectivity index (χ0v) is 12.0. The number of hydrogen-bond donors (Lipinski definition) is 1. The van der Waals surface area contributed by atoms with Gasteiger partial charge >= 0.3 is 0 Å². The summed E-state index contributed by atoms with van der Waals surface area (Å²) in [5.74, 6) is 1.79. The normalized spacial score (nSPS) is 20.6. The molecule has 3 rings (SSSR count). The van der Waals surface area contributed by atoms with Crippen LogP contribution in [0.3, 0.4) is 0 Å². The van der Waals surface area contributed by atoms with E-state index in [0.29, 0.717) is 6.04 Å². The molecule has 4 heteroatoms. The zero-order chi connectivity index (χ0) is 13.8. The molecule has 2 aliphatic heterocycles. The molecule has 1 aromatic rings. The Morgan fingerprint density at radius 2 is 1.85 bits per heavy atom. The fourth-order valence-corrected chi connectivity index (χ4v) is 2.83. The molecular weight excluding hydrogens is 252 g/mol. The van der Waals surface area contributed by atoms with E-state index in [2.05, 4.69) is 17.0 Å². The number of ether oxygens (including phenoxy) is 2. The van der Waals surface area contributed by atoms with Crippen molar-refractivity contribution in [3.8, 4) is 11.5 Å². The maximum atomic E-state index is 5.94. The number of likely N-dealkylation sites (tertiary alicyclic amines) is 1. The van der Waals surface area contributed by atoms with E-state index in [0.717, 1.165) is 70.0 Å². The molecular formula is C16H24N2O2. The van der Waals surface area contributed by atoms with Gasteiger partial charge in [-0.3, -0.25) is 0 Å². The van der Waals surface area contributed by atoms with E-state index in [1.54, 1.807) is 0 Å². The molecule has 1 saturated heterocycles. The van der Waals surface area contributed by atoms with Crippen LogP contribution in [0.1, 0.15) is 24.8 Å². The van der Waals surface area contributed by atoms with Crippen LogP contribution >= 0.6 is 0 Å². The molecule has 4 nitrogen and oxygen atoms in total. The van der Waals surface area contributed by atoms with Crippen LogP contribution in [-0.4, -0.2) is 43.8 Å². The maximum Gasteiger partial charge on any atom is 0.161 e. The number of nitrogens with two attached hydrogens (primary N) is 1. The summed E-state index contributed by atoms with van der Waals surface area (Å²) in [4.78, 5) is 2.51. The lowest BCUT2D eigenvalue weighted by atomic mass is 10.0. The third-order valence-corrected chi connectivity index (χ3v) is 4.16. The number of fused-ring (bicyclic) bond motifs is 1. The summed E-state index contributed by atoms with van der Waals surface area (Å²) >= 11 is 0. The Morgan fingerprint density at radius 3 is 2.65 bits per heavy atom. The van der Waals surface area contributed by atoms with Crippen molar-refractivity contribution in [1.82, 2.24) is 4.90 Å². The van der Waals surface area contributed by atoms with E-state index >= 15 is 0 Å². The van der Waals surface area contributed by atoms with E-state index in [-0.39, 0.29) is 0 Å². The summed E-state index contributed by atoms with van der Waals surface area (Å²) < 4.78 is 11.4. The maximum absolute atomic E-state index is 5.94. The van der Waals surface area contributed by atoms with Crippen LogP contribution in [-0.2, 0) is 6.42 Å². The Hall–Kier alpha value is -1.26. The predicted molar refractivity (Wildman–Crippen MR) is 79.4 cm³/mol. The average Bonchev–Trinajstić information content (AvgIpc) is 2.71. The van der Waals surface area contributed by atoms with Gasteiger partial charge in [-0.05, 0) is 50.0 Å². The number of hydrogen-bond acceptors (Lipinski definition) is 4. The summed E-state index contributed by atoms with van der Waals surface area (Å²) in [6.07, 6.45) is 4.27. The van der Waals surface area contributed by atoms with Gasteiger partial charge in [-0.1, -0.05) is 6.07 Å². The van der Waals surface area contributed by atoms with Crippen LogP contribution in [0.5, 0.6) is 11.5 Å². The first-order valence-electron chi connectivity index (χ1n) is 7.68. The molecule has 1 fully saturated rings. The van der Waals surface area contributed by atoms with Crippen molar-refractivity contribution in [2.45, 2.75) is 31.7 Å². The van der Waals surface area contributed by atoms with Gasteiger partial charge in [0.05, 0.1) is 13.2 Å². The first-order chi connectivity index (χ1) is 9.81. The molecule has 110 valence electrons. The Kier molecular flexibility index (Phi) is 4.43. The second-order valence-corrected chi connectivity index (χ2v) is 5.76. The highest BCUT2D eigenvalue weighted by Gasteiger charge is 2.16. The third kappa shape index (κ3) is 3.44. The van der Waals surface area contributed by atoms with Gasteiger partial charge in [0.1, 0.15) is 0 Å². The molecule has 0 aromatic heterocycles. The summed E-state index contributed by atoms with van der Waals surface area (Å²) in [7, 11) is 0. The van der Waals surface area contributed by atoms with Gasteiger partial charge in [-0.2, -0.15) is 0 Å². The monoisotopic (exact) mass is 276 g/mol. The van der Waals surface area contributed by atoms with Crippen LogP contribution in [0.4, 0.5) is 0 Å². The second kappa shape index (κ2) is 6.46. The molecule has 0 saturated carbocycles. The van der Waals surface area contributed by atoms with Crippen molar-refractivity contribution in [2.24, 2.45) is 5.73 Å². The van der Waals surface area contributed by atoms with Gasteiger partial charge in [0.15, 0.2) is 11.5 Å². The Bertz CT molecular complexity index is 442. The first-order valence-corrected chi connectivity index (χ1v) is 7.68. The number of piperidine rings is 1. The predicted octanol–water partition coefficient (Wildman–Crippen LogP) is 1.81. The van der Waals surface area contributed by atoms with Gasteiger partial charge in [0.25, 0.3) is 0 Å². The fourth-order valence-electron chi connectivity index (χ4n) is 2.83. The van der Waals surface area contributed by atoms with Crippen molar-refractivity contribution < 1.29 is 9.47 Å². The van der Waals surface area contributed by atoms with Gasteiger partial charge in [-0.15, -0.1) is 0 Å². The minimum absolute atomic E-state index is 0.407. The number of benzene rings is 1. The standard InChI is InChI=1S/C16H24N2O2/c17-14-5-8-18(9-6-14)7-4-13-2-3-15-16(12-13)20-11-1-10-19-15/h2-3,12,14H,1,4-11,17H2. The quantitative estimate of drug-likeness (QED) is 0.915. The lowest BCUT2D eigenvalue weighted by Crippen LogP contribution is -2.40. The lowest BCUT2D eigenvalue weighted by molar-refractivity contribution is 0.215. The highest BCUT2D eigenvalue weighted by Crippen LogP contribution is 2.30. The average molecular weight is 276 g/mol. The molecule has 0 spiro atoms. The van der Waals surface area contributed by atoms with E-state index in [1.165, 1.54) is 5.56 Å². The van der Waals surface area contributed by atoms with Gasteiger partial charge in [0.2, 0.25) is 0 Å². The van der Waals surface area contributed by atoms with Crippen LogP contribution in [0.25, 0.3) is 0 Å². The van der Waals surface area contributed by atoms with E-state index in [4.69, 9.17) is 15.2 Å². The lowest BCUT2D eigenvalue weighted by Gasteiger charge is -2.30. The fraction of sp³-hybridized carbons (Fsp3) is 0.625. The SMILES string of the molecule is NC1CCN(CCc2ccc3c(c2)OCCCO3)CC1. The Morgan fingerprint density at radius 1 is 1.10 bits per heavy atom.